The predicted octanol–water partition coefficient (Wildman–Crippen LogP) is 3.26. The Morgan fingerprint density at radius 1 is 1.31 bits per heavy atom. The minimum absolute atomic E-state index is 0.548. The van der Waals surface area contributed by atoms with Crippen LogP contribution in [-0.2, 0) is 5.41 Å². The van der Waals surface area contributed by atoms with Gasteiger partial charge in [0, 0.05) is 10.4 Å². The van der Waals surface area contributed by atoms with E-state index < -0.39 is 16.8 Å². The van der Waals surface area contributed by atoms with Crippen molar-refractivity contribution in [3.63, 3.8) is 0 Å². The van der Waals surface area contributed by atoms with Gasteiger partial charge in [-0.3, -0.25) is 0 Å². The molecule has 0 heterocycles. The summed E-state index contributed by atoms with van der Waals surface area (Å²) >= 11 is 8.87. The Hall–Kier alpha value is -0.320. The first-order chi connectivity index (χ1) is 7.36. The Morgan fingerprint density at radius 2 is 1.81 bits per heavy atom. The predicted molar refractivity (Wildman–Crippen MR) is 62.3 cm³/mol. The molecule has 1 atom stereocenters. The van der Waals surface area contributed by atoms with Crippen LogP contribution in [0.4, 0.5) is 8.78 Å². The Labute approximate surface area is 103 Å². The summed E-state index contributed by atoms with van der Waals surface area (Å²) in [5.74, 6) is 0. The Bertz CT molecular complexity index is 384. The molecule has 0 aliphatic heterocycles. The molecule has 1 unspecified atom stereocenters. The average Bonchev–Trinajstić information content (AvgIpc) is 2.97. The summed E-state index contributed by atoms with van der Waals surface area (Å²) < 4.78 is 26.0. The number of aliphatic hydroxyl groups excluding tert-OH is 1. The van der Waals surface area contributed by atoms with E-state index in [0.29, 0.717) is 23.4 Å². The Balaban J connectivity index is 2.30. The first-order valence-electron chi connectivity index (χ1n) is 4.90. The molecule has 1 nitrogen and oxygen atoms in total. The molecule has 5 heteroatoms. The summed E-state index contributed by atoms with van der Waals surface area (Å²) in [4.78, 5) is 0. The second-order valence-corrected chi connectivity index (χ2v) is 5.19. The molecule has 1 aliphatic rings. The van der Waals surface area contributed by atoms with Crippen LogP contribution in [0.1, 0.15) is 18.4 Å². The third kappa shape index (κ3) is 2.06. The maximum absolute atomic E-state index is 13.0. The van der Waals surface area contributed by atoms with Gasteiger partial charge in [-0.25, -0.2) is 0 Å². The van der Waals surface area contributed by atoms with Crippen LogP contribution >= 0.6 is 24.2 Å². The summed E-state index contributed by atoms with van der Waals surface area (Å²) in [6, 6.07) is 6.64. The molecule has 0 bridgehead atoms. The highest BCUT2D eigenvalue weighted by Gasteiger charge is 2.58. The van der Waals surface area contributed by atoms with Gasteiger partial charge in [0.05, 0.1) is 0 Å². The van der Waals surface area contributed by atoms with Crippen LogP contribution in [0.3, 0.4) is 0 Å². The second-order valence-electron chi connectivity index (χ2n) is 4.15. The fraction of sp³-hybridized carbons (Fsp3) is 0.455. The number of benzene rings is 1. The molecule has 1 aliphatic carbocycles. The first-order valence-corrected chi connectivity index (χ1v) is 5.73. The Morgan fingerprint density at radius 3 is 2.19 bits per heavy atom. The van der Waals surface area contributed by atoms with E-state index in [0.717, 1.165) is 0 Å². The van der Waals surface area contributed by atoms with Crippen LogP contribution in [0, 0.1) is 0 Å². The smallest absolute Gasteiger partial charge is 0.317 e. The molecular formula is C11H11ClF2OS. The van der Waals surface area contributed by atoms with Crippen LogP contribution < -0.4 is 0 Å². The van der Waals surface area contributed by atoms with Crippen molar-refractivity contribution in [1.29, 1.82) is 0 Å². The fourth-order valence-corrected chi connectivity index (χ4v) is 2.34. The molecule has 0 radical (unpaired) electrons. The summed E-state index contributed by atoms with van der Waals surface area (Å²) in [6.45, 7) is 0. The van der Waals surface area contributed by atoms with E-state index in [9.17, 15) is 13.9 Å². The Kier molecular flexibility index (Phi) is 2.93. The van der Waals surface area contributed by atoms with E-state index in [4.69, 9.17) is 11.6 Å². The van der Waals surface area contributed by atoms with Gasteiger partial charge in [0.15, 0.2) is 0 Å². The van der Waals surface area contributed by atoms with Gasteiger partial charge in [-0.15, -0.1) is 12.6 Å². The average molecular weight is 265 g/mol. The number of rotatable bonds is 3. The molecule has 1 fully saturated rings. The summed E-state index contributed by atoms with van der Waals surface area (Å²) in [5.41, 5.74) is -0.159. The van der Waals surface area contributed by atoms with Crippen molar-refractivity contribution in [2.75, 3.05) is 0 Å². The van der Waals surface area contributed by atoms with E-state index in [1.165, 1.54) is 0 Å². The third-order valence-electron chi connectivity index (χ3n) is 3.06. The zero-order chi connectivity index (χ0) is 12.0. The lowest BCUT2D eigenvalue weighted by atomic mass is 9.90. The molecule has 1 aromatic carbocycles. The van der Waals surface area contributed by atoms with Crippen LogP contribution in [0.5, 0.6) is 0 Å². The SMILES string of the molecule is OC(C(F)(F)S)C1(c2ccc(Cl)cc2)CC1. The lowest BCUT2D eigenvalue weighted by Crippen LogP contribution is -2.39. The lowest BCUT2D eigenvalue weighted by molar-refractivity contribution is -0.0526. The van der Waals surface area contributed by atoms with Crippen molar-refractivity contribution < 1.29 is 13.9 Å². The van der Waals surface area contributed by atoms with Crippen molar-refractivity contribution in [3.05, 3.63) is 34.9 Å². The largest absolute Gasteiger partial charge is 0.385 e. The van der Waals surface area contributed by atoms with E-state index in [2.05, 4.69) is 12.6 Å². The van der Waals surface area contributed by atoms with Crippen LogP contribution in [0.2, 0.25) is 5.02 Å². The molecular weight excluding hydrogens is 254 g/mol. The maximum Gasteiger partial charge on any atom is 0.317 e. The van der Waals surface area contributed by atoms with Gasteiger partial charge in [0.1, 0.15) is 6.10 Å². The van der Waals surface area contributed by atoms with Gasteiger partial charge in [0.2, 0.25) is 0 Å². The number of halogens is 3. The van der Waals surface area contributed by atoms with Gasteiger partial charge in [-0.2, -0.15) is 8.78 Å². The molecule has 88 valence electrons. The summed E-state index contributed by atoms with van der Waals surface area (Å²) in [5, 5.41) is 6.81. The van der Waals surface area contributed by atoms with Crippen LogP contribution in [0.25, 0.3) is 0 Å². The summed E-state index contributed by atoms with van der Waals surface area (Å²) in [7, 11) is 0. The molecule has 1 aromatic rings. The highest BCUT2D eigenvalue weighted by Crippen LogP contribution is 2.55. The van der Waals surface area contributed by atoms with Crippen molar-refractivity contribution in [2.24, 2.45) is 0 Å². The quantitative estimate of drug-likeness (QED) is 0.803. The number of hydrogen-bond donors (Lipinski definition) is 2. The van der Waals surface area contributed by atoms with Crippen molar-refractivity contribution in [1.82, 2.24) is 0 Å². The lowest BCUT2D eigenvalue weighted by Gasteiger charge is -2.26. The zero-order valence-corrected chi connectivity index (χ0v) is 9.98. The topological polar surface area (TPSA) is 20.2 Å². The van der Waals surface area contributed by atoms with E-state index in [1.807, 2.05) is 0 Å². The molecule has 0 aromatic heterocycles. The standard InChI is InChI=1S/C11H11ClF2OS/c12-8-3-1-7(2-4-8)10(5-6-10)9(15)11(13,14)16/h1-4,9,15-16H,5-6H2. The number of aliphatic hydroxyl groups is 1. The molecule has 1 N–H and O–H groups in total. The van der Waals surface area contributed by atoms with Crippen molar-refractivity contribution in [2.45, 2.75) is 29.6 Å². The molecule has 2 rings (SSSR count). The number of hydrogen-bond acceptors (Lipinski definition) is 2. The molecule has 1 saturated carbocycles. The van der Waals surface area contributed by atoms with Gasteiger partial charge in [0.25, 0.3) is 0 Å². The van der Waals surface area contributed by atoms with Gasteiger partial charge in [-0.05, 0) is 30.5 Å². The zero-order valence-electron chi connectivity index (χ0n) is 8.33. The molecule has 0 saturated heterocycles. The normalized spacial score (nSPS) is 20.6. The van der Waals surface area contributed by atoms with Crippen LogP contribution in [0.15, 0.2) is 24.3 Å². The van der Waals surface area contributed by atoms with Gasteiger partial charge < -0.3 is 5.11 Å². The summed E-state index contributed by atoms with van der Waals surface area (Å²) in [6.07, 6.45) is -0.665. The molecule has 0 spiro atoms. The van der Waals surface area contributed by atoms with E-state index >= 15 is 0 Å². The van der Waals surface area contributed by atoms with Crippen molar-refractivity contribution >= 4 is 24.2 Å². The van der Waals surface area contributed by atoms with Crippen LogP contribution in [-0.4, -0.2) is 16.5 Å². The highest BCUT2D eigenvalue weighted by molar-refractivity contribution is 7.81. The van der Waals surface area contributed by atoms with Crippen molar-refractivity contribution in [3.8, 4) is 0 Å². The van der Waals surface area contributed by atoms with E-state index in [-0.39, 0.29) is 0 Å². The molecule has 16 heavy (non-hydrogen) atoms. The van der Waals surface area contributed by atoms with Gasteiger partial charge in [-0.1, -0.05) is 23.7 Å². The maximum atomic E-state index is 13.0. The minimum atomic E-state index is -3.38. The number of thiol groups is 1. The second kappa shape index (κ2) is 3.86. The fourth-order valence-electron chi connectivity index (χ4n) is 1.97. The third-order valence-corrected chi connectivity index (χ3v) is 3.56. The first kappa shape index (κ1) is 12.1. The monoisotopic (exact) mass is 264 g/mol. The molecule has 0 amide bonds. The minimum Gasteiger partial charge on any atom is -0.385 e. The highest BCUT2D eigenvalue weighted by atomic mass is 35.5. The number of alkyl halides is 2. The van der Waals surface area contributed by atoms with Gasteiger partial charge >= 0.3 is 5.25 Å². The van der Waals surface area contributed by atoms with E-state index in [1.54, 1.807) is 24.3 Å².